The van der Waals surface area contributed by atoms with Crippen molar-refractivity contribution in [2.24, 2.45) is 29.6 Å². The molecular weight excluding hydrogens is 1090 g/mol. The fraction of sp³-hybridized carbons (Fsp3) is 0.726. The molecule has 0 saturated carbocycles. The molecule has 0 spiro atoms. The van der Waals surface area contributed by atoms with E-state index in [9.17, 15) is 38.4 Å². The van der Waals surface area contributed by atoms with Crippen molar-refractivity contribution in [3.05, 3.63) is 29.8 Å². The zero-order chi connectivity index (χ0) is 63.9. The molecule has 23 nitrogen and oxygen atoms in total. The molecule has 3 N–H and O–H groups in total. The predicted molar refractivity (Wildman–Crippen MR) is 320 cm³/mol. The van der Waals surface area contributed by atoms with E-state index in [2.05, 4.69) is 16.0 Å². The number of nitrogens with one attached hydrogen (secondary N) is 3. The fourth-order valence-corrected chi connectivity index (χ4v) is 11.9. The van der Waals surface area contributed by atoms with Gasteiger partial charge in [-0.3, -0.25) is 47.9 Å². The Hall–Kier alpha value is -6.81. The SMILES string of the molecule is CC[C@@H](C)[C@H]1C(=O)NCC(=O)N(C)[C@@H](C(C)C)C(=O)N[C@@H](Cc2ccc(OC)cc2)C(=O)O[C@H](C)C(=O)N2CCCC[C@H]2C(=O)N(C)[C@@H](C(C)C)C(=O)N[C@@H](C(C)C)C(=O)N(C)[C@H](CC(=O)N2CCCCC2)C(=O)N(C)[C@@H]([C@@H](C)CC)C(=O)N1C. The van der Waals surface area contributed by atoms with Gasteiger partial charge in [-0.15, -0.1) is 0 Å². The monoisotopic (exact) mass is 1190 g/mol. The van der Waals surface area contributed by atoms with Crippen molar-refractivity contribution in [1.29, 1.82) is 0 Å². The first-order valence-corrected chi connectivity index (χ1v) is 30.6. The minimum absolute atomic E-state index is 0.105. The van der Waals surface area contributed by atoms with Gasteiger partial charge in [0.05, 0.1) is 20.1 Å². The molecule has 0 radical (unpaired) electrons. The molecule has 23 heteroatoms. The molecule has 1 aromatic rings. The molecule has 3 heterocycles. The van der Waals surface area contributed by atoms with Gasteiger partial charge in [-0.25, -0.2) is 4.79 Å². The van der Waals surface area contributed by atoms with Gasteiger partial charge in [-0.05, 0) is 92.7 Å². The highest BCUT2D eigenvalue weighted by Gasteiger charge is 2.46. The number of amides is 10. The number of esters is 1. The zero-order valence-corrected chi connectivity index (χ0v) is 53.7. The summed E-state index contributed by atoms with van der Waals surface area (Å²) in [5.41, 5.74) is 0.592. The van der Waals surface area contributed by atoms with Crippen LogP contribution in [0.15, 0.2) is 24.3 Å². The van der Waals surface area contributed by atoms with Gasteiger partial charge in [-0.2, -0.15) is 0 Å². The Morgan fingerprint density at radius 1 is 0.588 bits per heavy atom. The summed E-state index contributed by atoms with van der Waals surface area (Å²) in [5, 5.41) is 8.37. The number of likely N-dealkylation sites (tertiary alicyclic amines) is 1. The molecular formula is C62H100N10O13. The van der Waals surface area contributed by atoms with E-state index >= 15 is 14.4 Å². The van der Waals surface area contributed by atoms with Gasteiger partial charge >= 0.3 is 5.97 Å². The zero-order valence-electron chi connectivity index (χ0n) is 53.7. The Morgan fingerprint density at radius 2 is 1.12 bits per heavy atom. The minimum Gasteiger partial charge on any atom is -0.497 e. The Balaban J connectivity index is 1.90. The van der Waals surface area contributed by atoms with Crippen LogP contribution in [0.1, 0.15) is 140 Å². The molecule has 0 aliphatic carbocycles. The summed E-state index contributed by atoms with van der Waals surface area (Å²) in [6, 6.07) is -3.25. The van der Waals surface area contributed by atoms with E-state index in [-0.39, 0.29) is 25.3 Å². The topological polar surface area (TPSA) is 265 Å². The molecule has 3 saturated heterocycles. The molecule has 85 heavy (non-hydrogen) atoms. The average molecular weight is 1190 g/mol. The van der Waals surface area contributed by atoms with Crippen LogP contribution in [0.25, 0.3) is 0 Å². The number of ether oxygens (including phenoxy) is 2. The number of carbonyl (C=O) groups excluding carboxylic acids is 11. The molecule has 0 unspecified atom stereocenters. The quantitative estimate of drug-likeness (QED) is 0.254. The summed E-state index contributed by atoms with van der Waals surface area (Å²) in [7, 11) is 8.64. The Labute approximate surface area is 504 Å². The van der Waals surface area contributed by atoms with E-state index in [1.807, 2.05) is 13.8 Å². The minimum atomic E-state index is -1.47. The van der Waals surface area contributed by atoms with E-state index in [0.29, 0.717) is 50.1 Å². The molecule has 10 amide bonds. The maximum atomic E-state index is 15.4. The van der Waals surface area contributed by atoms with Crippen molar-refractivity contribution in [1.82, 2.24) is 50.2 Å². The van der Waals surface area contributed by atoms with Crippen LogP contribution in [-0.2, 0) is 63.9 Å². The van der Waals surface area contributed by atoms with Crippen molar-refractivity contribution in [2.45, 2.75) is 195 Å². The summed E-state index contributed by atoms with van der Waals surface area (Å²) in [6.45, 7) is 19.4. The Bertz CT molecular complexity index is 2520. The number of cyclic esters (lactones) is 1. The molecule has 0 bridgehead atoms. The first-order valence-electron chi connectivity index (χ1n) is 30.6. The number of fused-ring (bicyclic) bond motifs is 1. The lowest BCUT2D eigenvalue weighted by molar-refractivity contribution is -0.165. The second-order valence-corrected chi connectivity index (χ2v) is 24.7. The molecule has 3 fully saturated rings. The van der Waals surface area contributed by atoms with E-state index in [1.165, 1.54) is 73.8 Å². The number of benzene rings is 1. The number of likely N-dealkylation sites (N-methyl/N-ethyl adjacent to an activating group) is 5. The Morgan fingerprint density at radius 3 is 1.67 bits per heavy atom. The molecule has 476 valence electrons. The number of methoxy groups -OCH3 is 1. The summed E-state index contributed by atoms with van der Waals surface area (Å²) in [5.74, 6) is -9.53. The van der Waals surface area contributed by atoms with Gasteiger partial charge in [0.15, 0.2) is 6.10 Å². The lowest BCUT2D eigenvalue weighted by Crippen LogP contribution is -2.63. The highest BCUT2D eigenvalue weighted by molar-refractivity contribution is 6.00. The molecule has 4 rings (SSSR count). The van der Waals surface area contributed by atoms with E-state index in [0.717, 1.165) is 24.2 Å². The first kappa shape index (κ1) is 70.7. The van der Waals surface area contributed by atoms with Crippen LogP contribution in [0, 0.1) is 29.6 Å². The molecule has 3 aliphatic heterocycles. The van der Waals surface area contributed by atoms with Crippen LogP contribution in [0.2, 0.25) is 0 Å². The van der Waals surface area contributed by atoms with Crippen LogP contribution in [0.5, 0.6) is 5.75 Å². The van der Waals surface area contributed by atoms with Crippen LogP contribution in [-0.4, -0.2) is 222 Å². The van der Waals surface area contributed by atoms with Gasteiger partial charge < -0.3 is 59.7 Å². The molecule has 11 atom stereocenters. The smallest absolute Gasteiger partial charge is 0.329 e. The predicted octanol–water partition coefficient (Wildman–Crippen LogP) is 3.25. The van der Waals surface area contributed by atoms with Crippen molar-refractivity contribution in [2.75, 3.05) is 68.5 Å². The number of rotatable bonds is 12. The second kappa shape index (κ2) is 32.1. The maximum Gasteiger partial charge on any atom is 0.329 e. The number of hydrogen-bond acceptors (Lipinski definition) is 13. The van der Waals surface area contributed by atoms with E-state index in [1.54, 1.807) is 84.6 Å². The van der Waals surface area contributed by atoms with E-state index in [4.69, 9.17) is 9.47 Å². The summed E-state index contributed by atoms with van der Waals surface area (Å²) in [6.07, 6.45) is 2.55. The van der Waals surface area contributed by atoms with Crippen LogP contribution in [0.3, 0.4) is 0 Å². The van der Waals surface area contributed by atoms with E-state index < -0.39 is 156 Å². The highest BCUT2D eigenvalue weighted by atomic mass is 16.5. The third-order valence-corrected chi connectivity index (χ3v) is 17.5. The number of piperidine rings is 2. The van der Waals surface area contributed by atoms with Crippen molar-refractivity contribution in [3.8, 4) is 5.75 Å². The maximum absolute atomic E-state index is 15.4. The van der Waals surface area contributed by atoms with Crippen molar-refractivity contribution >= 4 is 65.0 Å². The van der Waals surface area contributed by atoms with Crippen LogP contribution < -0.4 is 20.7 Å². The van der Waals surface area contributed by atoms with Crippen LogP contribution >= 0.6 is 0 Å². The summed E-state index contributed by atoms with van der Waals surface area (Å²) >= 11 is 0. The number of nitrogens with zero attached hydrogens (tertiary/aromatic N) is 7. The first-order chi connectivity index (χ1) is 39.9. The lowest BCUT2D eigenvalue weighted by Gasteiger charge is -2.41. The van der Waals surface area contributed by atoms with Gasteiger partial charge in [0.2, 0.25) is 53.2 Å². The van der Waals surface area contributed by atoms with Gasteiger partial charge in [0.25, 0.3) is 5.91 Å². The second-order valence-electron chi connectivity index (χ2n) is 24.7. The molecule has 3 aliphatic rings. The number of carbonyl (C=O) groups is 11. The highest BCUT2D eigenvalue weighted by Crippen LogP contribution is 2.27. The van der Waals surface area contributed by atoms with Gasteiger partial charge in [0, 0.05) is 61.3 Å². The third kappa shape index (κ3) is 17.7. The normalized spacial score (nSPS) is 27.0. The van der Waals surface area contributed by atoms with Crippen molar-refractivity contribution < 1.29 is 62.2 Å². The Kier molecular flexibility index (Phi) is 26.7. The largest absolute Gasteiger partial charge is 0.497 e. The van der Waals surface area contributed by atoms with Gasteiger partial charge in [-0.1, -0.05) is 94.2 Å². The average Bonchev–Trinajstić information content (AvgIpc) is 3.44. The van der Waals surface area contributed by atoms with Crippen LogP contribution in [0.4, 0.5) is 0 Å². The standard InChI is InChI=1S/C62H100N10O13/c1-18-39(9)52-54(75)63-35-48(74)67(13)50(37(5)6)55(76)64-44(33-42-26-28-43(84-17)29-27-42)62(83)85-41(11)57(78)72-32-24-21-25-45(72)58(79)68(14)51(38(7)8)56(77)65-49(36(3)4)60(81)66(12)46(34-47(73)71-30-22-20-23-31-71)59(80)70(16)53(40(10)19-2)61(82)69(52)15/h26-29,36-41,44-46,49-53H,18-25,30-35H2,1-17H3,(H,63,75)(H,64,76)(H,65,77)/t39-,40+,41-,44+,45+,46-,49+,50+,51+,52+,53+/m1/s1. The van der Waals surface area contributed by atoms with Gasteiger partial charge in [0.1, 0.15) is 54.1 Å². The molecule has 1 aromatic carbocycles. The molecule has 0 aromatic heterocycles. The number of hydrogen-bond donors (Lipinski definition) is 3. The third-order valence-electron chi connectivity index (χ3n) is 17.5. The van der Waals surface area contributed by atoms with Crippen molar-refractivity contribution in [3.63, 3.8) is 0 Å². The lowest BCUT2D eigenvalue weighted by atomic mass is 9.92. The summed E-state index contributed by atoms with van der Waals surface area (Å²) < 4.78 is 11.2. The fourth-order valence-electron chi connectivity index (χ4n) is 11.9. The summed E-state index contributed by atoms with van der Waals surface area (Å²) in [4.78, 5) is 171.